The summed E-state index contributed by atoms with van der Waals surface area (Å²) >= 11 is 0. The molecule has 0 aliphatic carbocycles. The van der Waals surface area contributed by atoms with Crippen molar-refractivity contribution in [2.45, 2.75) is 13.0 Å². The molecule has 0 aromatic carbocycles. The molecule has 5 nitrogen and oxygen atoms in total. The maximum atomic E-state index is 10.8. The molecule has 5 heteroatoms. The van der Waals surface area contributed by atoms with Crippen LogP contribution in [0.15, 0.2) is 12.3 Å². The molecule has 0 unspecified atom stereocenters. The maximum absolute atomic E-state index is 10.8. The average Bonchev–Trinajstić information content (AvgIpc) is 2.50. The number of hydrogen-bond donors (Lipinski definition) is 1. The summed E-state index contributed by atoms with van der Waals surface area (Å²) in [5.74, 6) is -0.465. The van der Waals surface area contributed by atoms with Gasteiger partial charge in [0, 0.05) is 12.7 Å². The Hall–Kier alpha value is -1.36. The van der Waals surface area contributed by atoms with E-state index in [2.05, 4.69) is 10.00 Å². The number of hydrogen-bond acceptors (Lipinski definition) is 3. The minimum absolute atomic E-state index is 0.341. The Balaban J connectivity index is 1.86. The van der Waals surface area contributed by atoms with E-state index in [4.69, 9.17) is 5.73 Å². The van der Waals surface area contributed by atoms with Gasteiger partial charge < -0.3 is 10.6 Å². The van der Waals surface area contributed by atoms with Gasteiger partial charge in [-0.1, -0.05) is 0 Å². The third kappa shape index (κ3) is 1.93. The largest absolute Gasteiger partial charge is 0.364 e. The van der Waals surface area contributed by atoms with E-state index in [1.165, 1.54) is 19.5 Å². The minimum atomic E-state index is -0.465. The van der Waals surface area contributed by atoms with Gasteiger partial charge in [0.15, 0.2) is 0 Å². The van der Waals surface area contributed by atoms with E-state index in [0.717, 1.165) is 13.1 Å². The topological polar surface area (TPSA) is 64.2 Å². The van der Waals surface area contributed by atoms with Gasteiger partial charge in [0.2, 0.25) is 0 Å². The molecule has 1 aromatic heterocycles. The van der Waals surface area contributed by atoms with Crippen molar-refractivity contribution in [3.8, 4) is 0 Å². The number of carbonyl (C=O) groups excluding carboxylic acids is 1. The Morgan fingerprint density at radius 1 is 1.50 bits per heavy atom. The zero-order valence-corrected chi connectivity index (χ0v) is 8.02. The van der Waals surface area contributed by atoms with Crippen LogP contribution in [0.4, 0.5) is 0 Å². The van der Waals surface area contributed by atoms with Gasteiger partial charge in [-0.2, -0.15) is 5.10 Å². The third-order valence-electron chi connectivity index (χ3n) is 2.49. The van der Waals surface area contributed by atoms with Crippen molar-refractivity contribution >= 4 is 5.91 Å². The molecule has 0 spiro atoms. The van der Waals surface area contributed by atoms with Crippen LogP contribution in [0.1, 0.15) is 16.9 Å². The summed E-state index contributed by atoms with van der Waals surface area (Å²) in [6, 6.07) is 1.65. The summed E-state index contributed by atoms with van der Waals surface area (Å²) in [5, 5.41) is 4.06. The van der Waals surface area contributed by atoms with E-state index in [-0.39, 0.29) is 0 Å². The second kappa shape index (κ2) is 3.79. The first kappa shape index (κ1) is 9.21. The molecule has 1 aromatic rings. The normalized spacial score (nSPS) is 16.6. The first-order valence-electron chi connectivity index (χ1n) is 4.81. The number of carbonyl (C=O) groups is 1. The van der Waals surface area contributed by atoms with Crippen LogP contribution in [-0.2, 0) is 6.54 Å². The highest BCUT2D eigenvalue weighted by atomic mass is 16.1. The highest BCUT2D eigenvalue weighted by molar-refractivity contribution is 5.90. The number of rotatable bonds is 4. The first-order valence-corrected chi connectivity index (χ1v) is 4.81. The molecule has 76 valence electrons. The first-order chi connectivity index (χ1) is 6.75. The third-order valence-corrected chi connectivity index (χ3v) is 2.49. The van der Waals surface area contributed by atoms with Crippen LogP contribution < -0.4 is 5.73 Å². The molecular weight excluding hydrogens is 180 g/mol. The summed E-state index contributed by atoms with van der Waals surface area (Å²) in [7, 11) is 0. The van der Waals surface area contributed by atoms with Crippen molar-refractivity contribution in [1.29, 1.82) is 0 Å². The van der Waals surface area contributed by atoms with Crippen molar-refractivity contribution in [1.82, 2.24) is 14.7 Å². The monoisotopic (exact) mass is 194 g/mol. The summed E-state index contributed by atoms with van der Waals surface area (Å²) in [4.78, 5) is 13.1. The van der Waals surface area contributed by atoms with Crippen LogP contribution in [0.2, 0.25) is 0 Å². The Morgan fingerprint density at radius 3 is 2.79 bits per heavy atom. The van der Waals surface area contributed by atoms with E-state index >= 15 is 0 Å². The fourth-order valence-corrected chi connectivity index (χ4v) is 1.47. The van der Waals surface area contributed by atoms with Crippen LogP contribution >= 0.6 is 0 Å². The zero-order chi connectivity index (χ0) is 9.97. The molecule has 2 heterocycles. The molecule has 14 heavy (non-hydrogen) atoms. The van der Waals surface area contributed by atoms with Crippen molar-refractivity contribution in [2.75, 3.05) is 19.6 Å². The van der Waals surface area contributed by atoms with Gasteiger partial charge in [-0.15, -0.1) is 0 Å². The van der Waals surface area contributed by atoms with E-state index in [0.29, 0.717) is 5.69 Å². The van der Waals surface area contributed by atoms with Gasteiger partial charge in [0.1, 0.15) is 5.69 Å². The summed E-state index contributed by atoms with van der Waals surface area (Å²) in [6.45, 7) is 4.20. The molecule has 0 saturated carbocycles. The molecule has 1 saturated heterocycles. The smallest absolute Gasteiger partial charge is 0.269 e. The predicted molar refractivity (Wildman–Crippen MR) is 51.8 cm³/mol. The lowest BCUT2D eigenvalue weighted by Gasteiger charge is -2.30. The SMILES string of the molecule is NC(=O)c1ccn(CCN2CCC2)n1. The van der Waals surface area contributed by atoms with Gasteiger partial charge in [0.05, 0.1) is 6.54 Å². The fourth-order valence-electron chi connectivity index (χ4n) is 1.47. The lowest BCUT2D eigenvalue weighted by atomic mass is 10.2. The van der Waals surface area contributed by atoms with Crippen LogP contribution in [0.25, 0.3) is 0 Å². The Kier molecular flexibility index (Phi) is 2.49. The molecule has 2 rings (SSSR count). The quantitative estimate of drug-likeness (QED) is 0.715. The number of nitrogens with two attached hydrogens (primary N) is 1. The molecule has 0 bridgehead atoms. The van der Waals surface area contributed by atoms with Gasteiger partial charge in [-0.05, 0) is 25.6 Å². The van der Waals surface area contributed by atoms with E-state index < -0.39 is 5.91 Å². The van der Waals surface area contributed by atoms with Crippen molar-refractivity contribution in [3.05, 3.63) is 18.0 Å². The van der Waals surface area contributed by atoms with Crippen molar-refractivity contribution in [3.63, 3.8) is 0 Å². The lowest BCUT2D eigenvalue weighted by Crippen LogP contribution is -2.39. The van der Waals surface area contributed by atoms with Gasteiger partial charge >= 0.3 is 0 Å². The molecule has 1 aliphatic heterocycles. The second-order valence-corrected chi connectivity index (χ2v) is 3.52. The average molecular weight is 194 g/mol. The molecular formula is C9H14N4O. The van der Waals surface area contributed by atoms with Gasteiger partial charge in [-0.3, -0.25) is 9.48 Å². The van der Waals surface area contributed by atoms with Crippen LogP contribution in [0.3, 0.4) is 0 Å². The number of likely N-dealkylation sites (tertiary alicyclic amines) is 1. The highest BCUT2D eigenvalue weighted by Gasteiger charge is 2.13. The predicted octanol–water partition coefficient (Wildman–Crippen LogP) is -0.312. The number of amides is 1. The summed E-state index contributed by atoms with van der Waals surface area (Å²) < 4.78 is 1.76. The maximum Gasteiger partial charge on any atom is 0.269 e. The molecule has 0 radical (unpaired) electrons. The molecule has 0 atom stereocenters. The van der Waals surface area contributed by atoms with Gasteiger partial charge in [0.25, 0.3) is 5.91 Å². The number of aromatic nitrogens is 2. The number of primary amides is 1. The van der Waals surface area contributed by atoms with E-state index in [1.54, 1.807) is 16.9 Å². The van der Waals surface area contributed by atoms with E-state index in [1.807, 2.05) is 0 Å². The zero-order valence-electron chi connectivity index (χ0n) is 8.02. The lowest BCUT2D eigenvalue weighted by molar-refractivity contribution is 0.0994. The molecule has 1 amide bonds. The van der Waals surface area contributed by atoms with Crippen molar-refractivity contribution in [2.24, 2.45) is 5.73 Å². The molecule has 2 N–H and O–H groups in total. The molecule has 1 fully saturated rings. The van der Waals surface area contributed by atoms with Crippen LogP contribution in [0, 0.1) is 0 Å². The standard InChI is InChI=1S/C9H14N4O/c10-9(14)8-2-5-13(11-8)7-6-12-3-1-4-12/h2,5H,1,3-4,6-7H2,(H2,10,14). The summed E-state index contributed by atoms with van der Waals surface area (Å²) in [5.41, 5.74) is 5.44. The van der Waals surface area contributed by atoms with Gasteiger partial charge in [-0.25, -0.2) is 0 Å². The Bertz CT molecular complexity index is 329. The Morgan fingerprint density at radius 2 is 2.29 bits per heavy atom. The fraction of sp³-hybridized carbons (Fsp3) is 0.556. The van der Waals surface area contributed by atoms with Crippen molar-refractivity contribution < 1.29 is 4.79 Å². The van der Waals surface area contributed by atoms with Crippen LogP contribution in [-0.4, -0.2) is 40.2 Å². The second-order valence-electron chi connectivity index (χ2n) is 3.52. The summed E-state index contributed by atoms with van der Waals surface area (Å²) in [6.07, 6.45) is 3.09. The minimum Gasteiger partial charge on any atom is -0.364 e. The van der Waals surface area contributed by atoms with E-state index in [9.17, 15) is 4.79 Å². The molecule has 1 aliphatic rings. The number of nitrogens with zero attached hydrogens (tertiary/aromatic N) is 3. The Labute approximate surface area is 82.5 Å². The van der Waals surface area contributed by atoms with Crippen LogP contribution in [0.5, 0.6) is 0 Å². The highest BCUT2D eigenvalue weighted by Crippen LogP contribution is 2.05.